The van der Waals surface area contributed by atoms with Crippen molar-refractivity contribution >= 4 is 34.8 Å². The smallest absolute Gasteiger partial charge is 0.251 e. The molecule has 2 aromatic rings. The first-order valence-electron chi connectivity index (χ1n) is 8.80. The molecular formula is C20H24N4O4. The van der Waals surface area contributed by atoms with Crippen LogP contribution in [0.4, 0.5) is 17.1 Å². The van der Waals surface area contributed by atoms with E-state index in [0.29, 0.717) is 34.9 Å². The van der Waals surface area contributed by atoms with E-state index < -0.39 is 0 Å². The largest absolute Gasteiger partial charge is 0.495 e. The molecule has 4 N–H and O–H groups in total. The van der Waals surface area contributed by atoms with Crippen molar-refractivity contribution in [1.82, 2.24) is 5.32 Å². The van der Waals surface area contributed by atoms with Gasteiger partial charge in [-0.25, -0.2) is 0 Å². The van der Waals surface area contributed by atoms with Gasteiger partial charge < -0.3 is 26.0 Å². The second kappa shape index (κ2) is 9.96. The van der Waals surface area contributed by atoms with Crippen LogP contribution < -0.4 is 26.0 Å². The average Bonchev–Trinajstić information content (AvgIpc) is 2.66. The van der Waals surface area contributed by atoms with E-state index in [1.165, 1.54) is 14.0 Å². The van der Waals surface area contributed by atoms with E-state index in [1.807, 2.05) is 6.92 Å². The van der Waals surface area contributed by atoms with Crippen molar-refractivity contribution in [2.75, 3.05) is 36.1 Å². The van der Waals surface area contributed by atoms with Crippen molar-refractivity contribution < 1.29 is 19.1 Å². The van der Waals surface area contributed by atoms with Crippen LogP contribution in [-0.4, -0.2) is 37.9 Å². The Morgan fingerprint density at radius 2 is 1.75 bits per heavy atom. The lowest BCUT2D eigenvalue weighted by Gasteiger charge is -2.13. The lowest BCUT2D eigenvalue weighted by Crippen LogP contribution is -2.24. The van der Waals surface area contributed by atoms with Gasteiger partial charge in [0.25, 0.3) is 5.91 Å². The molecule has 2 aromatic carbocycles. The predicted molar refractivity (Wildman–Crippen MR) is 109 cm³/mol. The number of benzene rings is 2. The Morgan fingerprint density at radius 3 is 2.43 bits per heavy atom. The van der Waals surface area contributed by atoms with Gasteiger partial charge in [0.15, 0.2) is 0 Å². The Balaban J connectivity index is 2.01. The van der Waals surface area contributed by atoms with Gasteiger partial charge in [0.2, 0.25) is 11.8 Å². The van der Waals surface area contributed by atoms with Crippen LogP contribution in [0.2, 0.25) is 0 Å². The van der Waals surface area contributed by atoms with Crippen LogP contribution >= 0.6 is 0 Å². The second-order valence-electron chi connectivity index (χ2n) is 5.94. The summed E-state index contributed by atoms with van der Waals surface area (Å²) in [6, 6.07) is 11.8. The summed E-state index contributed by atoms with van der Waals surface area (Å²) in [6.45, 7) is 3.76. The molecule has 0 heterocycles. The number of amides is 3. The van der Waals surface area contributed by atoms with Crippen molar-refractivity contribution in [2.45, 2.75) is 13.8 Å². The minimum atomic E-state index is -0.292. The third-order valence-corrected chi connectivity index (χ3v) is 3.71. The van der Waals surface area contributed by atoms with E-state index in [4.69, 9.17) is 4.74 Å². The monoisotopic (exact) mass is 384 g/mol. The summed E-state index contributed by atoms with van der Waals surface area (Å²) < 4.78 is 5.27. The first-order valence-corrected chi connectivity index (χ1v) is 8.80. The number of anilines is 3. The van der Waals surface area contributed by atoms with Gasteiger partial charge >= 0.3 is 0 Å². The Bertz CT molecular complexity index is 867. The highest BCUT2D eigenvalue weighted by Gasteiger charge is 2.10. The topological polar surface area (TPSA) is 109 Å². The van der Waals surface area contributed by atoms with Crippen LogP contribution in [-0.2, 0) is 9.59 Å². The molecule has 0 fully saturated rings. The highest BCUT2D eigenvalue weighted by molar-refractivity contribution is 5.98. The predicted octanol–water partition coefficient (Wildman–Crippen LogP) is 2.45. The lowest BCUT2D eigenvalue weighted by atomic mass is 10.2. The molecule has 0 radical (unpaired) electrons. The van der Waals surface area contributed by atoms with Gasteiger partial charge in [0.05, 0.1) is 19.3 Å². The summed E-state index contributed by atoms with van der Waals surface area (Å²) in [5.74, 6) is -0.141. The van der Waals surface area contributed by atoms with Crippen molar-refractivity contribution in [1.29, 1.82) is 0 Å². The van der Waals surface area contributed by atoms with Crippen LogP contribution in [0.5, 0.6) is 5.75 Å². The fourth-order valence-electron chi connectivity index (χ4n) is 2.51. The molecule has 2 rings (SSSR count). The molecule has 3 amide bonds. The van der Waals surface area contributed by atoms with Gasteiger partial charge in [-0.1, -0.05) is 6.07 Å². The molecule has 0 spiro atoms. The summed E-state index contributed by atoms with van der Waals surface area (Å²) in [5, 5.41) is 11.1. The third kappa shape index (κ3) is 6.01. The lowest BCUT2D eigenvalue weighted by molar-refractivity contribution is -0.115. The maximum Gasteiger partial charge on any atom is 0.251 e. The second-order valence-corrected chi connectivity index (χ2v) is 5.94. The fourth-order valence-corrected chi connectivity index (χ4v) is 2.51. The highest BCUT2D eigenvalue weighted by Crippen LogP contribution is 2.27. The number of nitrogens with one attached hydrogen (secondary N) is 4. The summed E-state index contributed by atoms with van der Waals surface area (Å²) in [7, 11) is 1.52. The number of carbonyl (C=O) groups is 3. The van der Waals surface area contributed by atoms with Crippen molar-refractivity contribution in [3.05, 3.63) is 48.0 Å². The first-order chi connectivity index (χ1) is 13.4. The Morgan fingerprint density at radius 1 is 1.00 bits per heavy atom. The number of rotatable bonds is 8. The number of methoxy groups -OCH3 is 1. The maximum atomic E-state index is 12.3. The van der Waals surface area contributed by atoms with E-state index >= 15 is 0 Å². The Kier molecular flexibility index (Phi) is 7.38. The third-order valence-electron chi connectivity index (χ3n) is 3.71. The number of carbonyl (C=O) groups excluding carboxylic acids is 3. The van der Waals surface area contributed by atoms with Crippen LogP contribution in [0.1, 0.15) is 24.2 Å². The average molecular weight is 384 g/mol. The van der Waals surface area contributed by atoms with Crippen molar-refractivity contribution in [3.8, 4) is 5.75 Å². The molecule has 0 aromatic heterocycles. The first kappa shape index (κ1) is 20.8. The molecule has 0 saturated carbocycles. The SMILES string of the molecule is CCNC(=O)c1cccc(NC(=O)CNc2cc(NC(C)=O)ccc2OC)c1. The Labute approximate surface area is 163 Å². The fraction of sp³-hybridized carbons (Fsp3) is 0.250. The molecule has 0 unspecified atom stereocenters. The van der Waals surface area contributed by atoms with Gasteiger partial charge in [0.1, 0.15) is 5.75 Å². The molecule has 8 nitrogen and oxygen atoms in total. The van der Waals surface area contributed by atoms with E-state index in [2.05, 4.69) is 21.3 Å². The van der Waals surface area contributed by atoms with Crippen LogP contribution in [0.25, 0.3) is 0 Å². The molecule has 0 bridgehead atoms. The molecule has 0 atom stereocenters. The summed E-state index contributed by atoms with van der Waals surface area (Å²) >= 11 is 0. The molecule has 148 valence electrons. The standard InChI is InChI=1S/C20H24N4O4/c1-4-21-20(27)14-6-5-7-15(10-14)24-19(26)12-22-17-11-16(23-13(2)25)8-9-18(17)28-3/h5-11,22H,4,12H2,1-3H3,(H,21,27)(H,23,25)(H,24,26). The van der Waals surface area contributed by atoms with E-state index in [1.54, 1.807) is 42.5 Å². The Hall–Kier alpha value is -3.55. The minimum absolute atomic E-state index is 0.0226. The van der Waals surface area contributed by atoms with Crippen LogP contribution in [0.15, 0.2) is 42.5 Å². The van der Waals surface area contributed by atoms with Gasteiger partial charge in [-0.2, -0.15) is 0 Å². The van der Waals surface area contributed by atoms with Crippen LogP contribution in [0, 0.1) is 0 Å². The normalized spacial score (nSPS) is 9.96. The van der Waals surface area contributed by atoms with E-state index in [-0.39, 0.29) is 24.3 Å². The molecule has 0 aliphatic carbocycles. The van der Waals surface area contributed by atoms with E-state index in [9.17, 15) is 14.4 Å². The molecule has 8 heteroatoms. The number of hydrogen-bond acceptors (Lipinski definition) is 5. The van der Waals surface area contributed by atoms with Crippen LogP contribution in [0.3, 0.4) is 0 Å². The zero-order valence-electron chi connectivity index (χ0n) is 16.1. The highest BCUT2D eigenvalue weighted by atomic mass is 16.5. The maximum absolute atomic E-state index is 12.3. The van der Waals surface area contributed by atoms with Gasteiger partial charge in [-0.3, -0.25) is 14.4 Å². The minimum Gasteiger partial charge on any atom is -0.495 e. The zero-order chi connectivity index (χ0) is 20.5. The molecular weight excluding hydrogens is 360 g/mol. The molecule has 0 saturated heterocycles. The molecule has 0 aliphatic heterocycles. The summed E-state index contributed by atoms with van der Waals surface area (Å²) in [5.41, 5.74) is 2.15. The molecule has 0 aliphatic rings. The van der Waals surface area contributed by atoms with Gasteiger partial charge in [-0.05, 0) is 43.3 Å². The van der Waals surface area contributed by atoms with Crippen molar-refractivity contribution in [3.63, 3.8) is 0 Å². The quantitative estimate of drug-likeness (QED) is 0.559. The van der Waals surface area contributed by atoms with Gasteiger partial charge in [0, 0.05) is 30.4 Å². The zero-order valence-corrected chi connectivity index (χ0v) is 16.1. The van der Waals surface area contributed by atoms with Gasteiger partial charge in [-0.15, -0.1) is 0 Å². The number of hydrogen-bond donors (Lipinski definition) is 4. The summed E-state index contributed by atoms with van der Waals surface area (Å²) in [4.78, 5) is 35.4. The molecule has 28 heavy (non-hydrogen) atoms. The summed E-state index contributed by atoms with van der Waals surface area (Å²) in [6.07, 6.45) is 0. The van der Waals surface area contributed by atoms with E-state index in [0.717, 1.165) is 0 Å². The number of ether oxygens (including phenoxy) is 1. The van der Waals surface area contributed by atoms with Crippen molar-refractivity contribution in [2.24, 2.45) is 0 Å².